The van der Waals surface area contributed by atoms with Gasteiger partial charge in [0, 0.05) is 17.7 Å². The number of halogens is 3. The first-order valence-corrected chi connectivity index (χ1v) is 11.2. The Kier molecular flexibility index (Phi) is 5.96. The van der Waals surface area contributed by atoms with Crippen LogP contribution in [-0.2, 0) is 9.59 Å². The monoisotopic (exact) mass is 472 g/mol. The van der Waals surface area contributed by atoms with E-state index >= 15 is 0 Å². The third-order valence-corrected chi connectivity index (χ3v) is 5.93. The zero-order valence-electron chi connectivity index (χ0n) is 19.5. The number of carbonyl (C=O) groups excluding carboxylic acids is 2. The zero-order chi connectivity index (χ0) is 24.8. The minimum Gasteiger partial charge on any atom is -0.491 e. The standard InChI is InChI=1S/C26H27F3N2O3/c1-15(2)34-17-11-9-16(10-12-17)23-22-19(13-25(3,4)14-21(22)32)30-18-7-5-6-8-20(18)31(23)24(33)26(27,28)29/h5-12,15,23,30H,13-14H2,1-4H3/t23-/m0/s1. The third-order valence-electron chi connectivity index (χ3n) is 5.93. The van der Waals surface area contributed by atoms with E-state index in [4.69, 9.17) is 4.74 Å². The van der Waals surface area contributed by atoms with Crippen molar-refractivity contribution in [3.8, 4) is 5.75 Å². The Balaban J connectivity index is 1.96. The molecule has 8 heteroatoms. The van der Waals surface area contributed by atoms with Crippen LogP contribution in [0.25, 0.3) is 0 Å². The fourth-order valence-corrected chi connectivity index (χ4v) is 4.66. The van der Waals surface area contributed by atoms with E-state index in [1.807, 2.05) is 27.7 Å². The van der Waals surface area contributed by atoms with E-state index in [0.717, 1.165) is 0 Å². The number of benzene rings is 2. The van der Waals surface area contributed by atoms with Crippen LogP contribution in [0.1, 0.15) is 52.1 Å². The molecule has 0 aromatic heterocycles. The molecular weight excluding hydrogens is 445 g/mol. The first-order chi connectivity index (χ1) is 15.9. The highest BCUT2D eigenvalue weighted by Gasteiger charge is 2.50. The number of fused-ring (bicyclic) bond motifs is 1. The summed E-state index contributed by atoms with van der Waals surface area (Å²) in [6.45, 7) is 7.62. The summed E-state index contributed by atoms with van der Waals surface area (Å²) in [5.74, 6) is -1.76. The fourth-order valence-electron chi connectivity index (χ4n) is 4.66. The molecule has 0 unspecified atom stereocenters. The maximum atomic E-state index is 13.9. The summed E-state index contributed by atoms with van der Waals surface area (Å²) in [6, 6.07) is 11.6. The van der Waals surface area contributed by atoms with Crippen LogP contribution in [-0.4, -0.2) is 24.0 Å². The summed E-state index contributed by atoms with van der Waals surface area (Å²) in [7, 11) is 0. The van der Waals surface area contributed by atoms with Crippen LogP contribution < -0.4 is 15.0 Å². The van der Waals surface area contributed by atoms with Crippen LogP contribution >= 0.6 is 0 Å². The molecular formula is C26H27F3N2O3. The minimum absolute atomic E-state index is 0.0670. The van der Waals surface area contributed by atoms with Gasteiger partial charge in [-0.25, -0.2) is 0 Å². The molecule has 180 valence electrons. The highest BCUT2D eigenvalue weighted by Crippen LogP contribution is 2.49. The average Bonchev–Trinajstić information content (AvgIpc) is 2.86. The van der Waals surface area contributed by atoms with Crippen molar-refractivity contribution in [3.63, 3.8) is 0 Å². The largest absolute Gasteiger partial charge is 0.491 e. The molecule has 0 saturated carbocycles. The van der Waals surface area contributed by atoms with Crippen LogP contribution in [0.4, 0.5) is 24.5 Å². The van der Waals surface area contributed by atoms with Gasteiger partial charge in [-0.1, -0.05) is 38.1 Å². The number of amides is 1. The van der Waals surface area contributed by atoms with E-state index < -0.39 is 18.1 Å². The van der Waals surface area contributed by atoms with Gasteiger partial charge in [-0.15, -0.1) is 0 Å². The Hall–Kier alpha value is -3.29. The highest BCUT2D eigenvalue weighted by molar-refractivity contribution is 6.07. The first-order valence-electron chi connectivity index (χ1n) is 11.2. The second kappa shape index (κ2) is 8.49. The molecule has 1 atom stereocenters. The second-order valence-electron chi connectivity index (χ2n) is 9.79. The number of para-hydroxylation sites is 2. The first kappa shape index (κ1) is 23.9. The van der Waals surface area contributed by atoms with E-state index in [1.54, 1.807) is 42.5 Å². The topological polar surface area (TPSA) is 58.6 Å². The van der Waals surface area contributed by atoms with Crippen LogP contribution in [0.15, 0.2) is 59.8 Å². The summed E-state index contributed by atoms with van der Waals surface area (Å²) in [5, 5.41) is 3.19. The van der Waals surface area contributed by atoms with E-state index in [-0.39, 0.29) is 35.0 Å². The SMILES string of the molecule is CC(C)Oc1ccc([C@H]2C3=C(CC(C)(C)CC3=O)Nc3ccccc3N2C(=O)C(F)(F)F)cc1. The van der Waals surface area contributed by atoms with Crippen LogP contribution in [0.2, 0.25) is 0 Å². The number of hydrogen-bond acceptors (Lipinski definition) is 4. The number of allylic oxidation sites excluding steroid dienone is 1. The second-order valence-corrected chi connectivity index (χ2v) is 9.79. The minimum atomic E-state index is -5.13. The van der Waals surface area contributed by atoms with E-state index in [9.17, 15) is 22.8 Å². The summed E-state index contributed by atoms with van der Waals surface area (Å²) in [4.78, 5) is 27.0. The zero-order valence-corrected chi connectivity index (χ0v) is 19.5. The summed E-state index contributed by atoms with van der Waals surface area (Å²) >= 11 is 0. The molecule has 2 aromatic rings. The number of Topliss-reactive ketones (excluding diaryl/α,β-unsaturated/α-hetero) is 1. The van der Waals surface area contributed by atoms with Gasteiger partial charge in [-0.3, -0.25) is 14.5 Å². The quantitative estimate of drug-likeness (QED) is 0.580. The highest BCUT2D eigenvalue weighted by atomic mass is 19.4. The fraction of sp³-hybridized carbons (Fsp3) is 0.385. The van der Waals surface area contributed by atoms with Gasteiger partial charge in [-0.2, -0.15) is 13.2 Å². The van der Waals surface area contributed by atoms with Gasteiger partial charge in [-0.05, 0) is 55.5 Å². The van der Waals surface area contributed by atoms with Crippen LogP contribution in [0.3, 0.4) is 0 Å². The summed E-state index contributed by atoms with van der Waals surface area (Å²) < 4.78 is 47.3. The number of nitrogens with zero attached hydrogens (tertiary/aromatic N) is 1. The van der Waals surface area contributed by atoms with Gasteiger partial charge in [0.05, 0.1) is 23.5 Å². The third kappa shape index (κ3) is 4.54. The number of ether oxygens (including phenoxy) is 1. The number of rotatable bonds is 3. The van der Waals surface area contributed by atoms with Gasteiger partial charge in [0.25, 0.3) is 0 Å². The Bertz CT molecular complexity index is 1150. The lowest BCUT2D eigenvalue weighted by Crippen LogP contribution is -2.45. The van der Waals surface area contributed by atoms with Gasteiger partial charge in [0.15, 0.2) is 5.78 Å². The number of alkyl halides is 3. The number of carbonyl (C=O) groups is 2. The lowest BCUT2D eigenvalue weighted by atomic mass is 9.73. The number of anilines is 2. The molecule has 1 aliphatic carbocycles. The lowest BCUT2D eigenvalue weighted by molar-refractivity contribution is -0.170. The molecule has 1 N–H and O–H groups in total. The average molecular weight is 473 g/mol. The number of hydrogen-bond donors (Lipinski definition) is 1. The molecule has 0 saturated heterocycles. The molecule has 1 heterocycles. The maximum Gasteiger partial charge on any atom is 0.471 e. The van der Waals surface area contributed by atoms with E-state index in [1.165, 1.54) is 6.07 Å². The molecule has 2 aliphatic rings. The van der Waals surface area contributed by atoms with E-state index in [0.29, 0.717) is 34.0 Å². The Morgan fingerprint density at radius 3 is 2.35 bits per heavy atom. The molecule has 0 spiro atoms. The van der Waals surface area contributed by atoms with Crippen molar-refractivity contribution < 1.29 is 27.5 Å². The Morgan fingerprint density at radius 1 is 1.09 bits per heavy atom. The predicted molar refractivity (Wildman–Crippen MR) is 124 cm³/mol. The molecule has 4 rings (SSSR count). The van der Waals surface area contributed by atoms with Gasteiger partial charge < -0.3 is 10.1 Å². The van der Waals surface area contributed by atoms with Crippen LogP contribution in [0, 0.1) is 5.41 Å². The van der Waals surface area contributed by atoms with Crippen molar-refractivity contribution in [1.82, 2.24) is 0 Å². The Morgan fingerprint density at radius 2 is 1.74 bits per heavy atom. The molecule has 2 aromatic carbocycles. The van der Waals surface area contributed by atoms with E-state index in [2.05, 4.69) is 5.32 Å². The predicted octanol–water partition coefficient (Wildman–Crippen LogP) is 6.18. The number of nitrogens with one attached hydrogen (secondary N) is 1. The maximum absolute atomic E-state index is 13.9. The van der Waals surface area contributed by atoms with Crippen molar-refractivity contribution in [2.45, 2.75) is 58.9 Å². The summed E-state index contributed by atoms with van der Waals surface area (Å²) in [5.41, 5.74) is 1.16. The van der Waals surface area contributed by atoms with Crippen molar-refractivity contribution in [2.24, 2.45) is 5.41 Å². The molecule has 1 aliphatic heterocycles. The normalized spacial score (nSPS) is 19.8. The van der Waals surface area contributed by atoms with Crippen molar-refractivity contribution >= 4 is 23.1 Å². The van der Waals surface area contributed by atoms with Crippen molar-refractivity contribution in [3.05, 3.63) is 65.4 Å². The van der Waals surface area contributed by atoms with Gasteiger partial charge >= 0.3 is 12.1 Å². The summed E-state index contributed by atoms with van der Waals surface area (Å²) in [6.07, 6.45) is -4.59. The molecule has 5 nitrogen and oxygen atoms in total. The smallest absolute Gasteiger partial charge is 0.471 e. The van der Waals surface area contributed by atoms with Crippen molar-refractivity contribution in [1.29, 1.82) is 0 Å². The molecule has 34 heavy (non-hydrogen) atoms. The molecule has 0 radical (unpaired) electrons. The molecule has 0 fully saturated rings. The molecule has 0 bridgehead atoms. The van der Waals surface area contributed by atoms with Crippen LogP contribution in [0.5, 0.6) is 5.75 Å². The van der Waals surface area contributed by atoms with Gasteiger partial charge in [0.1, 0.15) is 5.75 Å². The molecule has 1 amide bonds. The Labute approximate surface area is 196 Å². The van der Waals surface area contributed by atoms with Crippen molar-refractivity contribution in [2.75, 3.05) is 10.2 Å². The van der Waals surface area contributed by atoms with Gasteiger partial charge in [0.2, 0.25) is 0 Å². The number of ketones is 1. The lowest BCUT2D eigenvalue weighted by Gasteiger charge is -2.37.